The number of anilines is 1. The number of non-ortho nitro benzene ring substituents is 1. The summed E-state index contributed by atoms with van der Waals surface area (Å²) in [5.74, 6) is 6.09. The van der Waals surface area contributed by atoms with Gasteiger partial charge in [0.05, 0.1) is 11.0 Å². The van der Waals surface area contributed by atoms with Crippen LogP contribution in [0.1, 0.15) is 0 Å². The van der Waals surface area contributed by atoms with E-state index in [1.165, 1.54) is 24.5 Å². The van der Waals surface area contributed by atoms with E-state index in [1.54, 1.807) is 6.07 Å². The van der Waals surface area contributed by atoms with E-state index in [-0.39, 0.29) is 17.3 Å². The van der Waals surface area contributed by atoms with E-state index in [9.17, 15) is 10.1 Å². The summed E-state index contributed by atoms with van der Waals surface area (Å²) in [5, 5.41) is 10.7. The van der Waals surface area contributed by atoms with E-state index >= 15 is 0 Å². The van der Waals surface area contributed by atoms with E-state index in [2.05, 4.69) is 31.3 Å². The van der Waals surface area contributed by atoms with Gasteiger partial charge in [0.1, 0.15) is 16.5 Å². The summed E-state index contributed by atoms with van der Waals surface area (Å²) in [6, 6.07) is 5.76. The van der Waals surface area contributed by atoms with Crippen molar-refractivity contribution in [1.29, 1.82) is 0 Å². The van der Waals surface area contributed by atoms with Crippen molar-refractivity contribution in [1.82, 2.24) is 9.97 Å². The first-order valence-corrected chi connectivity index (χ1v) is 5.80. The monoisotopic (exact) mass is 325 g/mol. The van der Waals surface area contributed by atoms with Gasteiger partial charge in [-0.15, -0.1) is 0 Å². The predicted molar refractivity (Wildman–Crippen MR) is 70.7 cm³/mol. The molecule has 3 N–H and O–H groups in total. The molecule has 2 aromatic rings. The summed E-state index contributed by atoms with van der Waals surface area (Å²) < 4.78 is 5.86. The van der Waals surface area contributed by atoms with Crippen LogP contribution in [0.3, 0.4) is 0 Å². The molecule has 2 rings (SSSR count). The van der Waals surface area contributed by atoms with Gasteiger partial charge in [0.15, 0.2) is 5.82 Å². The van der Waals surface area contributed by atoms with Gasteiger partial charge in [0.2, 0.25) is 5.88 Å². The second-order valence-electron chi connectivity index (χ2n) is 3.34. The number of nitrogens with one attached hydrogen (secondary N) is 1. The summed E-state index contributed by atoms with van der Waals surface area (Å²) in [7, 11) is 0. The van der Waals surface area contributed by atoms with E-state index in [1.807, 2.05) is 0 Å². The van der Waals surface area contributed by atoms with Crippen LogP contribution < -0.4 is 16.0 Å². The number of nitro groups is 1. The number of hydrazine groups is 1. The molecular weight excluding hydrogens is 318 g/mol. The normalized spacial score (nSPS) is 10.0. The molecule has 8 nitrogen and oxygen atoms in total. The van der Waals surface area contributed by atoms with Crippen LogP contribution in [0.5, 0.6) is 11.6 Å². The lowest BCUT2D eigenvalue weighted by Gasteiger charge is -2.08. The highest BCUT2D eigenvalue weighted by molar-refractivity contribution is 9.10. The van der Waals surface area contributed by atoms with Crippen molar-refractivity contribution in [2.75, 3.05) is 5.43 Å². The second-order valence-corrected chi connectivity index (χ2v) is 4.14. The quantitative estimate of drug-likeness (QED) is 0.502. The van der Waals surface area contributed by atoms with Crippen LogP contribution in [0, 0.1) is 10.1 Å². The number of ether oxygens (including phenoxy) is 1. The number of nitrogens with two attached hydrogens (primary N) is 1. The maximum atomic E-state index is 10.7. The van der Waals surface area contributed by atoms with Crippen LogP contribution in [-0.4, -0.2) is 14.9 Å². The third kappa shape index (κ3) is 2.95. The molecule has 0 aliphatic rings. The molecule has 0 saturated carbocycles. The third-order valence-corrected chi connectivity index (χ3v) is 2.85. The Labute approximate surface area is 115 Å². The van der Waals surface area contributed by atoms with Crippen molar-refractivity contribution < 1.29 is 9.66 Å². The van der Waals surface area contributed by atoms with Crippen molar-refractivity contribution in [3.05, 3.63) is 45.2 Å². The van der Waals surface area contributed by atoms with Gasteiger partial charge in [-0.25, -0.2) is 15.8 Å². The van der Waals surface area contributed by atoms with Crippen molar-refractivity contribution in [3.63, 3.8) is 0 Å². The average molecular weight is 326 g/mol. The highest BCUT2D eigenvalue weighted by Gasteiger charge is 2.12. The number of benzene rings is 1. The highest BCUT2D eigenvalue weighted by Crippen LogP contribution is 2.32. The van der Waals surface area contributed by atoms with Gasteiger partial charge in [-0.1, -0.05) is 6.07 Å². The molecule has 0 radical (unpaired) electrons. The van der Waals surface area contributed by atoms with Gasteiger partial charge in [-0.3, -0.25) is 10.1 Å². The zero-order valence-electron chi connectivity index (χ0n) is 9.41. The number of hydrogen-bond donors (Lipinski definition) is 2. The molecule has 0 saturated heterocycles. The fourth-order valence-electron chi connectivity index (χ4n) is 1.30. The number of nitro benzene ring substituents is 1. The fourth-order valence-corrected chi connectivity index (χ4v) is 1.70. The molecule has 9 heteroatoms. The Morgan fingerprint density at radius 1 is 1.42 bits per heavy atom. The first-order valence-electron chi connectivity index (χ1n) is 5.01. The molecule has 1 aromatic heterocycles. The molecule has 98 valence electrons. The van der Waals surface area contributed by atoms with Gasteiger partial charge in [0, 0.05) is 6.07 Å². The molecule has 0 atom stereocenters. The summed E-state index contributed by atoms with van der Waals surface area (Å²) in [6.07, 6.45) is 1.26. The second kappa shape index (κ2) is 5.59. The number of halogens is 1. The van der Waals surface area contributed by atoms with Crippen LogP contribution in [0.4, 0.5) is 11.5 Å². The Morgan fingerprint density at radius 2 is 2.21 bits per heavy atom. The molecule has 1 aromatic carbocycles. The minimum Gasteiger partial charge on any atom is -0.437 e. The number of hydrogen-bond acceptors (Lipinski definition) is 7. The van der Waals surface area contributed by atoms with E-state index in [0.29, 0.717) is 10.3 Å². The molecular formula is C10H8BrN5O3. The van der Waals surface area contributed by atoms with Crippen LogP contribution >= 0.6 is 15.9 Å². The first kappa shape index (κ1) is 13.2. The van der Waals surface area contributed by atoms with Crippen molar-refractivity contribution in [2.45, 2.75) is 0 Å². The Morgan fingerprint density at radius 3 is 2.89 bits per heavy atom. The lowest BCUT2D eigenvalue weighted by Crippen LogP contribution is -2.09. The smallest absolute Gasteiger partial charge is 0.273 e. The molecule has 0 aliphatic heterocycles. The van der Waals surface area contributed by atoms with Crippen molar-refractivity contribution in [3.8, 4) is 11.6 Å². The van der Waals surface area contributed by atoms with Crippen molar-refractivity contribution >= 4 is 27.4 Å². The lowest BCUT2D eigenvalue weighted by atomic mass is 10.3. The summed E-state index contributed by atoms with van der Waals surface area (Å²) in [6.45, 7) is 0. The van der Waals surface area contributed by atoms with Crippen LogP contribution in [0.25, 0.3) is 0 Å². The largest absolute Gasteiger partial charge is 0.437 e. The number of nitrogens with zero attached hydrogens (tertiary/aromatic N) is 3. The van der Waals surface area contributed by atoms with Crippen molar-refractivity contribution in [2.24, 2.45) is 5.84 Å². The topological polar surface area (TPSA) is 116 Å². The number of nitrogen functional groups attached to an aromatic ring is 1. The van der Waals surface area contributed by atoms with E-state index in [0.717, 1.165) is 0 Å². The predicted octanol–water partition coefficient (Wildman–Crippen LogP) is 2.23. The minimum atomic E-state index is -0.505. The van der Waals surface area contributed by atoms with Gasteiger partial charge < -0.3 is 10.2 Å². The maximum absolute atomic E-state index is 10.7. The SMILES string of the molecule is NNc1ncnc(Oc2cccc([N+](=O)[O-])c2)c1Br. The van der Waals surface area contributed by atoms with Gasteiger partial charge in [0.25, 0.3) is 5.69 Å². The van der Waals surface area contributed by atoms with E-state index < -0.39 is 4.92 Å². The molecule has 0 spiro atoms. The molecule has 1 heterocycles. The van der Waals surface area contributed by atoms with Crippen LogP contribution in [-0.2, 0) is 0 Å². The summed E-state index contributed by atoms with van der Waals surface area (Å²) in [4.78, 5) is 17.9. The minimum absolute atomic E-state index is 0.0696. The van der Waals surface area contributed by atoms with Gasteiger partial charge in [-0.05, 0) is 22.0 Å². The van der Waals surface area contributed by atoms with E-state index in [4.69, 9.17) is 10.6 Å². The van der Waals surface area contributed by atoms with Crippen LogP contribution in [0.2, 0.25) is 0 Å². The first-order chi connectivity index (χ1) is 9.11. The molecule has 19 heavy (non-hydrogen) atoms. The summed E-state index contributed by atoms with van der Waals surface area (Å²) in [5.41, 5.74) is 2.30. The molecule has 0 amide bonds. The lowest BCUT2D eigenvalue weighted by molar-refractivity contribution is -0.384. The third-order valence-electron chi connectivity index (χ3n) is 2.14. The van der Waals surface area contributed by atoms with Crippen LogP contribution in [0.15, 0.2) is 35.1 Å². The Hall–Kier alpha value is -2.26. The molecule has 0 aliphatic carbocycles. The number of rotatable bonds is 4. The number of aromatic nitrogens is 2. The van der Waals surface area contributed by atoms with Gasteiger partial charge in [-0.2, -0.15) is 0 Å². The Kier molecular flexibility index (Phi) is 3.88. The molecule has 0 fully saturated rings. The highest BCUT2D eigenvalue weighted by atomic mass is 79.9. The Bertz CT molecular complexity index is 622. The summed E-state index contributed by atoms with van der Waals surface area (Å²) >= 11 is 3.22. The zero-order valence-corrected chi connectivity index (χ0v) is 11.0. The zero-order chi connectivity index (χ0) is 13.8. The van der Waals surface area contributed by atoms with Gasteiger partial charge >= 0.3 is 0 Å². The molecule has 0 bridgehead atoms. The standard InChI is InChI=1S/C10H8BrN5O3/c11-8-9(15-12)13-5-14-10(8)19-7-3-1-2-6(4-7)16(17)18/h1-5H,12H2,(H,13,14,15). The average Bonchev–Trinajstić information content (AvgIpc) is 2.41. The maximum Gasteiger partial charge on any atom is 0.273 e. The fraction of sp³-hybridized carbons (Fsp3) is 0. The Balaban J connectivity index is 2.31. The molecule has 0 unspecified atom stereocenters.